The Morgan fingerprint density at radius 3 is 3.18 bits per heavy atom. The highest BCUT2D eigenvalue weighted by atomic mass is 16.5. The van der Waals surface area contributed by atoms with E-state index in [1.54, 1.807) is 13.0 Å². The predicted octanol–water partition coefficient (Wildman–Crippen LogP) is 1.12. The van der Waals surface area contributed by atoms with Gasteiger partial charge >= 0.3 is 6.03 Å². The molecule has 0 spiro atoms. The minimum atomic E-state index is -0.314. The first-order chi connectivity index (χ1) is 8.19. The molecule has 0 saturated heterocycles. The Balaban J connectivity index is 1.97. The van der Waals surface area contributed by atoms with Crippen LogP contribution in [0.5, 0.6) is 5.75 Å². The maximum Gasteiger partial charge on any atom is 0.319 e. The van der Waals surface area contributed by atoms with E-state index in [0.717, 1.165) is 23.4 Å². The number of aliphatic hydroxyl groups excluding tert-OH is 1. The van der Waals surface area contributed by atoms with Gasteiger partial charge in [0, 0.05) is 12.1 Å². The number of ether oxygens (including phenoxy) is 1. The molecule has 0 unspecified atom stereocenters. The molecule has 1 heterocycles. The van der Waals surface area contributed by atoms with Gasteiger partial charge in [0.05, 0.1) is 19.3 Å². The molecular formula is C12H16N2O3. The molecule has 5 nitrogen and oxygen atoms in total. The molecule has 92 valence electrons. The van der Waals surface area contributed by atoms with Crippen LogP contribution in [0.1, 0.15) is 12.5 Å². The summed E-state index contributed by atoms with van der Waals surface area (Å²) in [5, 5.41) is 14.2. The van der Waals surface area contributed by atoms with Crippen LogP contribution in [0.25, 0.3) is 0 Å². The van der Waals surface area contributed by atoms with Crippen molar-refractivity contribution in [3.05, 3.63) is 23.8 Å². The summed E-state index contributed by atoms with van der Waals surface area (Å²) in [5.41, 5.74) is 1.84. The van der Waals surface area contributed by atoms with Crippen molar-refractivity contribution in [3.63, 3.8) is 0 Å². The number of aliphatic hydroxyl groups is 1. The molecule has 0 fully saturated rings. The Bertz CT molecular complexity index is 420. The van der Waals surface area contributed by atoms with Crippen LogP contribution in [0.15, 0.2) is 18.2 Å². The van der Waals surface area contributed by atoms with Crippen LogP contribution < -0.4 is 15.4 Å². The molecule has 0 radical (unpaired) electrons. The van der Waals surface area contributed by atoms with Crippen LogP contribution in [0, 0.1) is 0 Å². The van der Waals surface area contributed by atoms with Crippen molar-refractivity contribution in [2.24, 2.45) is 0 Å². The molecule has 2 rings (SSSR count). The van der Waals surface area contributed by atoms with Gasteiger partial charge in [-0.3, -0.25) is 0 Å². The summed E-state index contributed by atoms with van der Waals surface area (Å²) in [7, 11) is 0. The van der Waals surface area contributed by atoms with E-state index in [2.05, 4.69) is 10.6 Å². The summed E-state index contributed by atoms with van der Waals surface area (Å²) in [6, 6.07) is 4.99. The quantitative estimate of drug-likeness (QED) is 0.736. The summed E-state index contributed by atoms with van der Waals surface area (Å²) in [6.07, 6.45) is 0.875. The predicted molar refractivity (Wildman–Crippen MR) is 64.3 cm³/mol. The van der Waals surface area contributed by atoms with E-state index in [-0.39, 0.29) is 18.7 Å². The number of amides is 2. The molecule has 0 aromatic heterocycles. The van der Waals surface area contributed by atoms with Gasteiger partial charge in [0.2, 0.25) is 0 Å². The van der Waals surface area contributed by atoms with Gasteiger partial charge in [0.25, 0.3) is 0 Å². The first-order valence-electron chi connectivity index (χ1n) is 5.63. The van der Waals surface area contributed by atoms with Gasteiger partial charge < -0.3 is 20.5 Å². The molecule has 2 amide bonds. The fraction of sp³-hybridized carbons (Fsp3) is 0.417. The molecular weight excluding hydrogens is 220 g/mol. The van der Waals surface area contributed by atoms with Crippen LogP contribution in [0.3, 0.4) is 0 Å². The van der Waals surface area contributed by atoms with Crippen molar-refractivity contribution in [1.29, 1.82) is 0 Å². The zero-order valence-electron chi connectivity index (χ0n) is 9.69. The number of nitrogens with one attached hydrogen (secondary N) is 2. The van der Waals surface area contributed by atoms with Gasteiger partial charge in [-0.1, -0.05) is 0 Å². The lowest BCUT2D eigenvalue weighted by Crippen LogP contribution is -2.38. The van der Waals surface area contributed by atoms with E-state index in [4.69, 9.17) is 9.84 Å². The number of hydrogen-bond acceptors (Lipinski definition) is 3. The zero-order valence-corrected chi connectivity index (χ0v) is 9.69. The number of carbonyl (C=O) groups is 1. The minimum Gasteiger partial charge on any atom is -0.493 e. The van der Waals surface area contributed by atoms with Crippen molar-refractivity contribution in [2.75, 3.05) is 18.5 Å². The molecule has 1 atom stereocenters. The monoisotopic (exact) mass is 236 g/mol. The van der Waals surface area contributed by atoms with E-state index in [9.17, 15) is 4.79 Å². The van der Waals surface area contributed by atoms with Crippen LogP contribution in [-0.2, 0) is 6.42 Å². The number of fused-ring (bicyclic) bond motifs is 1. The van der Waals surface area contributed by atoms with Crippen molar-refractivity contribution < 1.29 is 14.6 Å². The minimum absolute atomic E-state index is 0.0779. The van der Waals surface area contributed by atoms with Crippen molar-refractivity contribution in [2.45, 2.75) is 19.4 Å². The van der Waals surface area contributed by atoms with Crippen LogP contribution in [-0.4, -0.2) is 30.4 Å². The molecule has 0 aliphatic carbocycles. The van der Waals surface area contributed by atoms with Crippen molar-refractivity contribution in [1.82, 2.24) is 5.32 Å². The average Bonchev–Trinajstić information content (AvgIpc) is 2.75. The average molecular weight is 236 g/mol. The van der Waals surface area contributed by atoms with Gasteiger partial charge in [-0.25, -0.2) is 4.79 Å². The third-order valence-corrected chi connectivity index (χ3v) is 2.60. The second-order valence-corrected chi connectivity index (χ2v) is 4.10. The van der Waals surface area contributed by atoms with Gasteiger partial charge in [-0.05, 0) is 30.7 Å². The molecule has 1 aliphatic rings. The lowest BCUT2D eigenvalue weighted by atomic mass is 10.1. The summed E-state index contributed by atoms with van der Waals surface area (Å²) >= 11 is 0. The van der Waals surface area contributed by atoms with E-state index < -0.39 is 0 Å². The molecule has 0 saturated carbocycles. The zero-order chi connectivity index (χ0) is 12.3. The smallest absolute Gasteiger partial charge is 0.319 e. The molecule has 0 bridgehead atoms. The number of carbonyl (C=O) groups excluding carboxylic acids is 1. The Labute approximate surface area is 99.8 Å². The van der Waals surface area contributed by atoms with E-state index in [0.29, 0.717) is 6.61 Å². The number of benzene rings is 1. The fourth-order valence-electron chi connectivity index (χ4n) is 1.70. The first kappa shape index (κ1) is 11.7. The van der Waals surface area contributed by atoms with E-state index in [1.165, 1.54) is 0 Å². The van der Waals surface area contributed by atoms with E-state index >= 15 is 0 Å². The largest absolute Gasteiger partial charge is 0.493 e. The summed E-state index contributed by atoms with van der Waals surface area (Å²) in [5.74, 6) is 0.889. The first-order valence-corrected chi connectivity index (χ1v) is 5.63. The third-order valence-electron chi connectivity index (χ3n) is 2.60. The highest BCUT2D eigenvalue weighted by Crippen LogP contribution is 2.27. The van der Waals surface area contributed by atoms with Gasteiger partial charge in [0.1, 0.15) is 5.75 Å². The molecule has 1 aromatic rings. The maximum absolute atomic E-state index is 11.5. The second-order valence-electron chi connectivity index (χ2n) is 4.10. The maximum atomic E-state index is 11.5. The summed E-state index contributed by atoms with van der Waals surface area (Å²) < 4.78 is 5.38. The highest BCUT2D eigenvalue weighted by Gasteiger charge is 2.13. The summed E-state index contributed by atoms with van der Waals surface area (Å²) in [6.45, 7) is 2.36. The van der Waals surface area contributed by atoms with Crippen LogP contribution in [0.4, 0.5) is 10.5 Å². The normalized spacial score (nSPS) is 14.7. The Hall–Kier alpha value is -1.75. The fourth-order valence-corrected chi connectivity index (χ4v) is 1.70. The van der Waals surface area contributed by atoms with Gasteiger partial charge in [-0.2, -0.15) is 0 Å². The van der Waals surface area contributed by atoms with Gasteiger partial charge in [-0.15, -0.1) is 0 Å². The molecule has 3 N–H and O–H groups in total. The summed E-state index contributed by atoms with van der Waals surface area (Å²) in [4.78, 5) is 11.5. The number of rotatable bonds is 3. The van der Waals surface area contributed by atoms with E-state index in [1.807, 2.05) is 12.1 Å². The lowest BCUT2D eigenvalue weighted by Gasteiger charge is -2.12. The van der Waals surface area contributed by atoms with Crippen LogP contribution >= 0.6 is 0 Å². The Kier molecular flexibility index (Phi) is 3.49. The standard InChI is InChI=1S/C12H16N2O3/c1-8(7-15)13-12(16)14-10-2-3-11-9(6-10)4-5-17-11/h2-3,6,8,15H,4-5,7H2,1H3,(H2,13,14,16)/t8-/m0/s1. The second kappa shape index (κ2) is 5.05. The molecule has 5 heteroatoms. The topological polar surface area (TPSA) is 70.6 Å². The van der Waals surface area contributed by atoms with Crippen molar-refractivity contribution in [3.8, 4) is 5.75 Å². The molecule has 17 heavy (non-hydrogen) atoms. The molecule has 1 aliphatic heterocycles. The SMILES string of the molecule is C[C@@H](CO)NC(=O)Nc1ccc2c(c1)CCO2. The third kappa shape index (κ3) is 2.88. The van der Waals surface area contributed by atoms with Crippen LogP contribution in [0.2, 0.25) is 0 Å². The number of hydrogen-bond donors (Lipinski definition) is 3. The number of anilines is 1. The Morgan fingerprint density at radius 2 is 2.41 bits per heavy atom. The van der Waals surface area contributed by atoms with Gasteiger partial charge in [0.15, 0.2) is 0 Å². The highest BCUT2D eigenvalue weighted by molar-refractivity contribution is 5.89. The van der Waals surface area contributed by atoms with Crippen molar-refractivity contribution >= 4 is 11.7 Å². The Morgan fingerprint density at radius 1 is 1.59 bits per heavy atom. The molecule has 1 aromatic carbocycles. The lowest BCUT2D eigenvalue weighted by molar-refractivity contribution is 0.229. The number of urea groups is 1.